The normalized spacial score (nSPS) is 18.4. The predicted octanol–water partition coefficient (Wildman–Crippen LogP) is 2.53. The smallest absolute Gasteiger partial charge is 0.338 e. The molecule has 0 saturated carbocycles. The van der Waals surface area contributed by atoms with Gasteiger partial charge in [-0.1, -0.05) is 17.8 Å². The number of aromatic carboxylic acids is 1. The fourth-order valence-electron chi connectivity index (χ4n) is 2.17. The summed E-state index contributed by atoms with van der Waals surface area (Å²) >= 11 is 4.31. The average Bonchev–Trinajstić information content (AvgIpc) is 2.68. The van der Waals surface area contributed by atoms with Crippen LogP contribution in [0.3, 0.4) is 0 Å². The third-order valence-corrected chi connectivity index (χ3v) is 4.56. The zero-order valence-electron chi connectivity index (χ0n) is 10.6. The first-order valence-corrected chi connectivity index (χ1v) is 7.56. The van der Waals surface area contributed by atoms with Crippen LogP contribution in [0.25, 0.3) is 0 Å². The van der Waals surface area contributed by atoms with Crippen LogP contribution in [0.2, 0.25) is 0 Å². The molecule has 5 nitrogen and oxygen atoms in total. The first-order chi connectivity index (χ1) is 9.40. The fourth-order valence-corrected chi connectivity index (χ4v) is 3.61. The number of hydrogen-bond donors (Lipinski definition) is 1. The van der Waals surface area contributed by atoms with Crippen molar-refractivity contribution in [3.05, 3.63) is 28.2 Å². The zero-order valence-corrected chi connectivity index (χ0v) is 13.0. The van der Waals surface area contributed by atoms with Crippen LogP contribution in [-0.2, 0) is 9.59 Å². The van der Waals surface area contributed by atoms with Crippen LogP contribution < -0.4 is 4.90 Å². The summed E-state index contributed by atoms with van der Waals surface area (Å²) in [5.41, 5.74) is 0.429. The molecule has 1 aliphatic rings. The number of hydrogen-bond acceptors (Lipinski definition) is 4. The van der Waals surface area contributed by atoms with Gasteiger partial charge in [0.15, 0.2) is 5.12 Å². The van der Waals surface area contributed by atoms with Gasteiger partial charge in [0.2, 0.25) is 5.91 Å². The van der Waals surface area contributed by atoms with Crippen LogP contribution in [0.5, 0.6) is 0 Å². The monoisotopic (exact) mass is 357 g/mol. The maximum atomic E-state index is 12.0. The zero-order chi connectivity index (χ0) is 14.9. The maximum absolute atomic E-state index is 12.0. The molecule has 1 aromatic carbocycles. The molecule has 1 atom stereocenters. The van der Waals surface area contributed by atoms with Gasteiger partial charge >= 0.3 is 5.97 Å². The minimum absolute atomic E-state index is 0.0441. The summed E-state index contributed by atoms with van der Waals surface area (Å²) in [6.07, 6.45) is 0.246. The van der Waals surface area contributed by atoms with Gasteiger partial charge in [0.25, 0.3) is 0 Å². The first kappa shape index (κ1) is 15.1. The summed E-state index contributed by atoms with van der Waals surface area (Å²) in [6, 6.07) is 4.91. The molecule has 1 saturated heterocycles. The Bertz CT molecular complexity index is 590. The van der Waals surface area contributed by atoms with E-state index in [1.54, 1.807) is 18.2 Å². The largest absolute Gasteiger partial charge is 0.478 e. The number of anilines is 1. The molecule has 0 aromatic heterocycles. The minimum atomic E-state index is -1.09. The summed E-state index contributed by atoms with van der Waals surface area (Å²) in [4.78, 5) is 35.9. The second kappa shape index (κ2) is 5.97. The van der Waals surface area contributed by atoms with Crippen LogP contribution in [0.1, 0.15) is 23.7 Å². The molecule has 0 spiro atoms. The molecule has 1 N–H and O–H groups in total. The molecule has 0 radical (unpaired) electrons. The highest BCUT2D eigenvalue weighted by atomic mass is 79.9. The Hall–Kier alpha value is -1.34. The highest BCUT2D eigenvalue weighted by molar-refractivity contribution is 9.10. The second-order valence-electron chi connectivity index (χ2n) is 4.38. The van der Waals surface area contributed by atoms with E-state index < -0.39 is 5.97 Å². The number of benzene rings is 1. The lowest BCUT2D eigenvalue weighted by molar-refractivity contribution is -0.117. The molecule has 1 aliphatic heterocycles. The topological polar surface area (TPSA) is 74.7 Å². The number of carbonyl (C=O) groups excluding carboxylic acids is 2. The standard InChI is InChI=1S/C13H12BrNO4S/c1-7(16)20-8-5-11(17)15(6-8)10-4-2-3-9(14)12(10)13(18)19/h2-4,8H,5-6H2,1H3,(H,18,19). The van der Waals surface area contributed by atoms with Crippen molar-refractivity contribution in [2.24, 2.45) is 0 Å². The number of carboxylic acid groups (broad SMARTS) is 1. The Balaban J connectivity index is 2.33. The van der Waals surface area contributed by atoms with Crippen molar-refractivity contribution in [1.29, 1.82) is 0 Å². The first-order valence-electron chi connectivity index (χ1n) is 5.89. The summed E-state index contributed by atoms with van der Waals surface area (Å²) in [7, 11) is 0. The lowest BCUT2D eigenvalue weighted by atomic mass is 10.1. The summed E-state index contributed by atoms with van der Waals surface area (Å²) in [5, 5.41) is 9.11. The van der Waals surface area contributed by atoms with Gasteiger partial charge in [0.1, 0.15) is 0 Å². The van der Waals surface area contributed by atoms with Crippen LogP contribution in [-0.4, -0.2) is 33.9 Å². The Morgan fingerprint density at radius 3 is 2.75 bits per heavy atom. The molecule has 1 unspecified atom stereocenters. The van der Waals surface area contributed by atoms with Gasteiger partial charge < -0.3 is 10.0 Å². The second-order valence-corrected chi connectivity index (χ2v) is 6.71. The molecule has 1 heterocycles. The molecule has 2 rings (SSSR count). The van der Waals surface area contributed by atoms with Crippen molar-refractivity contribution in [2.75, 3.05) is 11.4 Å². The predicted molar refractivity (Wildman–Crippen MR) is 80.1 cm³/mol. The highest BCUT2D eigenvalue weighted by Crippen LogP contribution is 2.33. The highest BCUT2D eigenvalue weighted by Gasteiger charge is 2.34. The molecule has 1 amide bonds. The van der Waals surface area contributed by atoms with Crippen LogP contribution in [0.4, 0.5) is 5.69 Å². The number of halogens is 1. The number of amides is 1. The van der Waals surface area contributed by atoms with Crippen molar-refractivity contribution >= 4 is 50.4 Å². The summed E-state index contributed by atoms with van der Waals surface area (Å²) < 4.78 is 0.429. The molecule has 0 aliphatic carbocycles. The Morgan fingerprint density at radius 1 is 1.45 bits per heavy atom. The van der Waals surface area contributed by atoms with E-state index in [-0.39, 0.29) is 28.3 Å². The number of carboxylic acids is 1. The van der Waals surface area contributed by atoms with E-state index in [2.05, 4.69) is 15.9 Å². The summed E-state index contributed by atoms with van der Waals surface area (Å²) in [5.74, 6) is -1.26. The molecule has 1 aromatic rings. The number of rotatable bonds is 3. The van der Waals surface area contributed by atoms with Gasteiger partial charge in [0.05, 0.1) is 11.3 Å². The Kier molecular flexibility index (Phi) is 4.49. The van der Waals surface area contributed by atoms with Crippen molar-refractivity contribution in [3.63, 3.8) is 0 Å². The van der Waals surface area contributed by atoms with Crippen LogP contribution in [0, 0.1) is 0 Å². The van der Waals surface area contributed by atoms with E-state index in [0.717, 1.165) is 11.8 Å². The molecule has 7 heteroatoms. The van der Waals surface area contributed by atoms with Gasteiger partial charge in [0, 0.05) is 29.6 Å². The van der Waals surface area contributed by atoms with Crippen molar-refractivity contribution in [2.45, 2.75) is 18.6 Å². The number of nitrogens with zero attached hydrogens (tertiary/aromatic N) is 1. The van der Waals surface area contributed by atoms with Gasteiger partial charge in [-0.25, -0.2) is 4.79 Å². The molecule has 20 heavy (non-hydrogen) atoms. The van der Waals surface area contributed by atoms with Crippen molar-refractivity contribution in [3.8, 4) is 0 Å². The van der Waals surface area contributed by atoms with Gasteiger partial charge in [-0.2, -0.15) is 0 Å². The molecule has 0 bridgehead atoms. The SMILES string of the molecule is CC(=O)SC1CC(=O)N(c2cccc(Br)c2C(=O)O)C1. The van der Waals surface area contributed by atoms with E-state index in [1.807, 2.05) is 0 Å². The molecule has 106 valence electrons. The summed E-state index contributed by atoms with van der Waals surface area (Å²) in [6.45, 7) is 1.80. The Morgan fingerprint density at radius 2 is 2.15 bits per heavy atom. The van der Waals surface area contributed by atoms with Crippen molar-refractivity contribution in [1.82, 2.24) is 0 Å². The van der Waals surface area contributed by atoms with Gasteiger partial charge in [-0.15, -0.1) is 0 Å². The molecular formula is C13H12BrNO4S. The lowest BCUT2D eigenvalue weighted by Gasteiger charge is -2.19. The fraction of sp³-hybridized carbons (Fsp3) is 0.308. The van der Waals surface area contributed by atoms with Gasteiger partial charge in [-0.05, 0) is 28.1 Å². The van der Waals surface area contributed by atoms with Crippen LogP contribution >= 0.6 is 27.7 Å². The van der Waals surface area contributed by atoms with Crippen LogP contribution in [0.15, 0.2) is 22.7 Å². The van der Waals surface area contributed by atoms with E-state index in [9.17, 15) is 19.5 Å². The van der Waals surface area contributed by atoms with Crippen molar-refractivity contribution < 1.29 is 19.5 Å². The Labute approximate surface area is 128 Å². The molecular weight excluding hydrogens is 346 g/mol. The quantitative estimate of drug-likeness (QED) is 0.899. The van der Waals surface area contributed by atoms with E-state index in [1.165, 1.54) is 11.8 Å². The number of carbonyl (C=O) groups is 3. The molecule has 1 fully saturated rings. The third-order valence-electron chi connectivity index (χ3n) is 2.92. The lowest BCUT2D eigenvalue weighted by Crippen LogP contribution is -2.27. The average molecular weight is 358 g/mol. The van der Waals surface area contributed by atoms with Gasteiger partial charge in [-0.3, -0.25) is 9.59 Å². The van der Waals surface area contributed by atoms with E-state index in [4.69, 9.17) is 0 Å². The van der Waals surface area contributed by atoms with E-state index >= 15 is 0 Å². The number of thioether (sulfide) groups is 1. The van der Waals surface area contributed by atoms with E-state index in [0.29, 0.717) is 16.7 Å². The third kappa shape index (κ3) is 3.04. The minimum Gasteiger partial charge on any atom is -0.478 e. The maximum Gasteiger partial charge on any atom is 0.338 e.